The number of hydrogen-bond donors (Lipinski definition) is 0. The standard InChI is InChI=1S/C9H12O9S2/c1-15-9(10)3-4-5(17-19(2,11)12)6-7(16-4)8(3)20(13,14)18-6/h3-8H,1-2H3. The molecule has 11 heteroatoms. The third kappa shape index (κ3) is 1.88. The van der Waals surface area contributed by atoms with Crippen LogP contribution in [0.15, 0.2) is 0 Å². The number of ether oxygens (including phenoxy) is 2. The van der Waals surface area contributed by atoms with E-state index in [4.69, 9.17) is 13.1 Å². The molecular weight excluding hydrogens is 316 g/mol. The molecule has 0 amide bonds. The van der Waals surface area contributed by atoms with Crippen molar-refractivity contribution in [2.45, 2.75) is 29.7 Å². The molecule has 9 nitrogen and oxygen atoms in total. The molecule has 2 bridgehead atoms. The van der Waals surface area contributed by atoms with E-state index in [2.05, 4.69) is 4.74 Å². The number of carbonyl (C=O) groups excluding carboxylic acids is 1. The summed E-state index contributed by atoms with van der Waals surface area (Å²) < 4.78 is 66.0. The van der Waals surface area contributed by atoms with E-state index in [1.54, 1.807) is 0 Å². The van der Waals surface area contributed by atoms with Gasteiger partial charge in [0.05, 0.1) is 13.4 Å². The molecule has 0 spiro atoms. The van der Waals surface area contributed by atoms with Crippen molar-refractivity contribution in [1.82, 2.24) is 0 Å². The maximum absolute atomic E-state index is 11.9. The molecule has 3 fully saturated rings. The van der Waals surface area contributed by atoms with Gasteiger partial charge in [-0.1, -0.05) is 0 Å². The Balaban J connectivity index is 2.02. The van der Waals surface area contributed by atoms with Crippen LogP contribution < -0.4 is 0 Å². The molecule has 6 unspecified atom stereocenters. The Labute approximate surface area is 115 Å². The SMILES string of the molecule is COC(=O)C1C2OC3C(OS(=O)(=O)C31)C2OS(C)(=O)=O. The van der Waals surface area contributed by atoms with Crippen molar-refractivity contribution in [2.24, 2.45) is 5.92 Å². The number of hydrogen-bond acceptors (Lipinski definition) is 9. The fourth-order valence-corrected chi connectivity index (χ4v) is 5.50. The number of fused-ring (bicyclic) bond motifs is 1. The van der Waals surface area contributed by atoms with E-state index in [1.165, 1.54) is 0 Å². The van der Waals surface area contributed by atoms with E-state index in [0.29, 0.717) is 0 Å². The van der Waals surface area contributed by atoms with Gasteiger partial charge < -0.3 is 9.47 Å². The minimum atomic E-state index is -4.02. The highest BCUT2D eigenvalue weighted by Crippen LogP contribution is 2.51. The summed E-state index contributed by atoms with van der Waals surface area (Å²) in [6.45, 7) is 0. The van der Waals surface area contributed by atoms with Crippen LogP contribution in [0.5, 0.6) is 0 Å². The van der Waals surface area contributed by atoms with Crippen LogP contribution in [0, 0.1) is 5.92 Å². The third-order valence-electron chi connectivity index (χ3n) is 3.66. The highest BCUT2D eigenvalue weighted by Gasteiger charge is 2.73. The highest BCUT2D eigenvalue weighted by atomic mass is 32.2. The van der Waals surface area contributed by atoms with Gasteiger partial charge in [0.25, 0.3) is 20.2 Å². The Morgan fingerprint density at radius 3 is 2.40 bits per heavy atom. The molecule has 0 aliphatic carbocycles. The molecule has 114 valence electrons. The summed E-state index contributed by atoms with van der Waals surface area (Å²) in [5.74, 6) is -1.95. The third-order valence-corrected chi connectivity index (χ3v) is 5.95. The first-order chi connectivity index (χ1) is 9.15. The van der Waals surface area contributed by atoms with Gasteiger partial charge in [-0.2, -0.15) is 16.8 Å². The largest absolute Gasteiger partial charge is 0.469 e. The van der Waals surface area contributed by atoms with Crippen molar-refractivity contribution < 1.29 is 39.5 Å². The fraction of sp³-hybridized carbons (Fsp3) is 0.889. The first kappa shape index (κ1) is 14.2. The van der Waals surface area contributed by atoms with Crippen molar-refractivity contribution >= 4 is 26.2 Å². The quantitative estimate of drug-likeness (QED) is 0.427. The minimum Gasteiger partial charge on any atom is -0.469 e. The van der Waals surface area contributed by atoms with Gasteiger partial charge in [0, 0.05) is 0 Å². The Kier molecular flexibility index (Phi) is 2.93. The summed E-state index contributed by atoms with van der Waals surface area (Å²) in [5.41, 5.74) is 0. The summed E-state index contributed by atoms with van der Waals surface area (Å²) in [4.78, 5) is 11.8. The van der Waals surface area contributed by atoms with Crippen LogP contribution in [0.1, 0.15) is 0 Å². The maximum atomic E-state index is 11.9. The van der Waals surface area contributed by atoms with Gasteiger partial charge in [-0.05, 0) is 0 Å². The molecule has 0 radical (unpaired) electrons. The normalized spacial score (nSPS) is 44.7. The van der Waals surface area contributed by atoms with Crippen LogP contribution in [-0.2, 0) is 42.9 Å². The van der Waals surface area contributed by atoms with Crippen molar-refractivity contribution in [3.8, 4) is 0 Å². The molecule has 0 aromatic carbocycles. The van der Waals surface area contributed by atoms with Crippen molar-refractivity contribution in [2.75, 3.05) is 13.4 Å². The topological polar surface area (TPSA) is 122 Å². The zero-order chi connectivity index (χ0) is 14.9. The zero-order valence-electron chi connectivity index (χ0n) is 10.5. The molecule has 3 aliphatic rings. The average Bonchev–Trinajstić information content (AvgIpc) is 2.88. The van der Waals surface area contributed by atoms with Crippen LogP contribution in [0.4, 0.5) is 0 Å². The zero-order valence-corrected chi connectivity index (χ0v) is 12.1. The minimum absolute atomic E-state index is 0.794. The Bertz CT molecular complexity index is 651. The average molecular weight is 328 g/mol. The Morgan fingerprint density at radius 1 is 1.20 bits per heavy atom. The fourth-order valence-electron chi connectivity index (χ4n) is 3.04. The van der Waals surface area contributed by atoms with Crippen LogP contribution in [0.25, 0.3) is 0 Å². The lowest BCUT2D eigenvalue weighted by atomic mass is 9.85. The predicted molar refractivity (Wildman–Crippen MR) is 61.5 cm³/mol. The summed E-state index contributed by atoms with van der Waals surface area (Å²) in [7, 11) is -6.77. The number of carbonyl (C=O) groups is 1. The Morgan fingerprint density at radius 2 is 1.85 bits per heavy atom. The second-order valence-corrected chi connectivity index (χ2v) is 8.22. The van der Waals surface area contributed by atoms with E-state index in [-0.39, 0.29) is 0 Å². The van der Waals surface area contributed by atoms with E-state index in [1.807, 2.05) is 0 Å². The monoisotopic (exact) mass is 328 g/mol. The number of esters is 1. The van der Waals surface area contributed by atoms with E-state index in [9.17, 15) is 21.6 Å². The molecule has 0 aromatic heterocycles. The lowest BCUT2D eigenvalue weighted by Gasteiger charge is -2.25. The van der Waals surface area contributed by atoms with Crippen LogP contribution in [0.2, 0.25) is 0 Å². The summed E-state index contributed by atoms with van der Waals surface area (Å²) in [5, 5.41) is -1.18. The van der Waals surface area contributed by atoms with Crippen LogP contribution >= 0.6 is 0 Å². The van der Waals surface area contributed by atoms with Crippen LogP contribution in [0.3, 0.4) is 0 Å². The molecule has 0 N–H and O–H groups in total. The van der Waals surface area contributed by atoms with E-state index >= 15 is 0 Å². The first-order valence-electron chi connectivity index (χ1n) is 5.69. The summed E-state index contributed by atoms with van der Waals surface area (Å²) in [6.07, 6.45) is -3.33. The lowest BCUT2D eigenvalue weighted by Crippen LogP contribution is -2.49. The number of methoxy groups -OCH3 is 1. The molecule has 3 heterocycles. The van der Waals surface area contributed by atoms with Gasteiger partial charge in [-0.25, -0.2) is 0 Å². The smallest absolute Gasteiger partial charge is 0.312 e. The molecular formula is C9H12O9S2. The van der Waals surface area contributed by atoms with Gasteiger partial charge in [0.15, 0.2) is 0 Å². The second-order valence-electron chi connectivity index (χ2n) is 4.90. The van der Waals surface area contributed by atoms with Crippen LogP contribution in [-0.4, -0.2) is 65.8 Å². The summed E-state index contributed by atoms with van der Waals surface area (Å²) in [6, 6.07) is 0. The molecule has 3 saturated heterocycles. The Hall–Kier alpha value is -0.750. The van der Waals surface area contributed by atoms with Crippen molar-refractivity contribution in [1.29, 1.82) is 0 Å². The highest BCUT2D eigenvalue weighted by molar-refractivity contribution is 7.87. The van der Waals surface area contributed by atoms with Gasteiger partial charge >= 0.3 is 5.97 Å². The van der Waals surface area contributed by atoms with E-state index < -0.39 is 61.8 Å². The van der Waals surface area contributed by atoms with Crippen molar-refractivity contribution in [3.63, 3.8) is 0 Å². The summed E-state index contributed by atoms with van der Waals surface area (Å²) >= 11 is 0. The first-order valence-corrected chi connectivity index (χ1v) is 8.98. The van der Waals surface area contributed by atoms with Gasteiger partial charge in [0.1, 0.15) is 35.6 Å². The predicted octanol–water partition coefficient (Wildman–Crippen LogP) is -2.00. The van der Waals surface area contributed by atoms with E-state index in [0.717, 1.165) is 13.4 Å². The molecule has 6 atom stereocenters. The molecule has 0 aromatic rings. The van der Waals surface area contributed by atoms with Gasteiger partial charge in [-0.3, -0.25) is 13.2 Å². The molecule has 3 aliphatic heterocycles. The molecule has 3 rings (SSSR count). The molecule has 20 heavy (non-hydrogen) atoms. The molecule has 0 saturated carbocycles. The van der Waals surface area contributed by atoms with Gasteiger partial charge in [-0.15, -0.1) is 0 Å². The van der Waals surface area contributed by atoms with Gasteiger partial charge in [0.2, 0.25) is 0 Å². The number of rotatable bonds is 3. The maximum Gasteiger partial charge on any atom is 0.312 e. The van der Waals surface area contributed by atoms with Crippen molar-refractivity contribution in [3.05, 3.63) is 0 Å². The lowest BCUT2D eigenvalue weighted by molar-refractivity contribution is -0.148. The second kappa shape index (κ2) is 4.13.